The van der Waals surface area contributed by atoms with E-state index in [9.17, 15) is 4.79 Å². The Kier molecular flexibility index (Phi) is 2.23. The van der Waals surface area contributed by atoms with Crippen molar-refractivity contribution in [1.29, 1.82) is 0 Å². The maximum Gasteiger partial charge on any atom is 0.161 e. The first-order valence-electron chi connectivity index (χ1n) is 3.32. The molecule has 3 nitrogen and oxygen atoms in total. The average Bonchev–Trinajstić information content (AvgIpc) is 2.04. The van der Waals surface area contributed by atoms with Gasteiger partial charge in [-0.25, -0.2) is 0 Å². The van der Waals surface area contributed by atoms with Gasteiger partial charge in [-0.05, 0) is 19.1 Å². The number of carbonyl (C=O) groups excluding carboxylic acids is 1. The van der Waals surface area contributed by atoms with Gasteiger partial charge in [0, 0.05) is 5.56 Å². The van der Waals surface area contributed by atoms with Crippen LogP contribution in [0.5, 0.6) is 0 Å². The summed E-state index contributed by atoms with van der Waals surface area (Å²) in [4.78, 5) is 10.9. The lowest BCUT2D eigenvalue weighted by Crippen LogP contribution is -2.10. The number of rotatable bonds is 2. The Hall–Kier alpha value is -1.35. The molecule has 0 fully saturated rings. The van der Waals surface area contributed by atoms with E-state index >= 15 is 0 Å². The van der Waals surface area contributed by atoms with Gasteiger partial charge in [-0.2, -0.15) is 0 Å². The Morgan fingerprint density at radius 2 is 2.09 bits per heavy atom. The SMILES string of the molecule is CC(=O)c1ccccc1NN. The molecule has 0 aromatic heterocycles. The Morgan fingerprint density at radius 1 is 1.45 bits per heavy atom. The van der Waals surface area contributed by atoms with Crippen molar-refractivity contribution in [3.63, 3.8) is 0 Å². The van der Waals surface area contributed by atoms with Crippen LogP contribution in [0.1, 0.15) is 17.3 Å². The molecule has 0 spiro atoms. The van der Waals surface area contributed by atoms with Gasteiger partial charge in [0.05, 0.1) is 5.69 Å². The first kappa shape index (κ1) is 7.75. The molecular weight excluding hydrogens is 140 g/mol. The van der Waals surface area contributed by atoms with E-state index in [2.05, 4.69) is 5.43 Å². The molecule has 0 saturated carbocycles. The van der Waals surface area contributed by atoms with E-state index in [0.29, 0.717) is 11.3 Å². The third-order valence-corrected chi connectivity index (χ3v) is 1.46. The second-order valence-corrected chi connectivity index (χ2v) is 2.25. The summed E-state index contributed by atoms with van der Waals surface area (Å²) < 4.78 is 0. The van der Waals surface area contributed by atoms with Crippen LogP contribution in [0.25, 0.3) is 0 Å². The van der Waals surface area contributed by atoms with E-state index in [0.717, 1.165) is 0 Å². The Balaban J connectivity index is 3.12. The highest BCUT2D eigenvalue weighted by Gasteiger charge is 2.02. The molecule has 0 bridgehead atoms. The van der Waals surface area contributed by atoms with Crippen LogP contribution in [0.3, 0.4) is 0 Å². The molecule has 0 unspecified atom stereocenters. The van der Waals surface area contributed by atoms with E-state index in [1.807, 2.05) is 6.07 Å². The van der Waals surface area contributed by atoms with Gasteiger partial charge in [-0.3, -0.25) is 10.6 Å². The van der Waals surface area contributed by atoms with Gasteiger partial charge in [0.1, 0.15) is 0 Å². The van der Waals surface area contributed by atoms with E-state index in [4.69, 9.17) is 5.84 Å². The van der Waals surface area contributed by atoms with Crippen LogP contribution in [-0.4, -0.2) is 5.78 Å². The second kappa shape index (κ2) is 3.16. The summed E-state index contributed by atoms with van der Waals surface area (Å²) in [5.41, 5.74) is 3.74. The lowest BCUT2D eigenvalue weighted by molar-refractivity contribution is 0.101. The molecular formula is C8H10N2O. The van der Waals surface area contributed by atoms with Crippen LogP contribution >= 0.6 is 0 Å². The van der Waals surface area contributed by atoms with Gasteiger partial charge in [0.15, 0.2) is 5.78 Å². The predicted molar refractivity (Wildman–Crippen MR) is 44.3 cm³/mol. The molecule has 0 aliphatic heterocycles. The van der Waals surface area contributed by atoms with Crippen molar-refractivity contribution >= 4 is 11.5 Å². The van der Waals surface area contributed by atoms with Gasteiger partial charge in [0.25, 0.3) is 0 Å². The molecule has 58 valence electrons. The predicted octanol–water partition coefficient (Wildman–Crippen LogP) is 1.17. The number of nitrogens with two attached hydrogens (primary N) is 1. The molecule has 3 N–H and O–H groups in total. The smallest absolute Gasteiger partial charge is 0.161 e. The number of hydrogen-bond donors (Lipinski definition) is 2. The number of ketones is 1. The van der Waals surface area contributed by atoms with Crippen LogP contribution in [0.15, 0.2) is 24.3 Å². The number of benzene rings is 1. The summed E-state index contributed by atoms with van der Waals surface area (Å²) in [5.74, 6) is 5.20. The Morgan fingerprint density at radius 3 is 2.55 bits per heavy atom. The molecule has 0 aliphatic rings. The first-order valence-corrected chi connectivity index (χ1v) is 3.32. The van der Waals surface area contributed by atoms with Crippen molar-refractivity contribution in [2.24, 2.45) is 5.84 Å². The highest BCUT2D eigenvalue weighted by Crippen LogP contribution is 2.13. The van der Waals surface area contributed by atoms with Crippen molar-refractivity contribution in [2.75, 3.05) is 5.43 Å². The van der Waals surface area contributed by atoms with Crippen LogP contribution in [0.2, 0.25) is 0 Å². The molecule has 11 heavy (non-hydrogen) atoms. The summed E-state index contributed by atoms with van der Waals surface area (Å²) >= 11 is 0. The molecule has 0 atom stereocenters. The zero-order valence-electron chi connectivity index (χ0n) is 6.29. The van der Waals surface area contributed by atoms with Gasteiger partial charge in [-0.1, -0.05) is 12.1 Å². The van der Waals surface area contributed by atoms with E-state index < -0.39 is 0 Å². The van der Waals surface area contributed by atoms with Crippen molar-refractivity contribution in [2.45, 2.75) is 6.92 Å². The summed E-state index contributed by atoms with van der Waals surface area (Å²) in [6.07, 6.45) is 0. The standard InChI is InChI=1S/C8H10N2O/c1-6(11)7-4-2-3-5-8(7)10-9/h2-5,10H,9H2,1H3. The second-order valence-electron chi connectivity index (χ2n) is 2.25. The minimum Gasteiger partial charge on any atom is -0.323 e. The summed E-state index contributed by atoms with van der Waals surface area (Å²) in [6.45, 7) is 1.51. The molecule has 1 aromatic carbocycles. The molecule has 3 heteroatoms. The van der Waals surface area contributed by atoms with Crippen LogP contribution < -0.4 is 11.3 Å². The minimum absolute atomic E-state index is 0.0125. The number of carbonyl (C=O) groups is 1. The van der Waals surface area contributed by atoms with E-state index in [-0.39, 0.29) is 5.78 Å². The van der Waals surface area contributed by atoms with Crippen LogP contribution in [0, 0.1) is 0 Å². The molecule has 0 heterocycles. The van der Waals surface area contributed by atoms with Gasteiger partial charge >= 0.3 is 0 Å². The molecule has 0 amide bonds. The van der Waals surface area contributed by atoms with E-state index in [1.165, 1.54) is 6.92 Å². The summed E-state index contributed by atoms with van der Waals surface area (Å²) in [7, 11) is 0. The average molecular weight is 150 g/mol. The molecule has 0 radical (unpaired) electrons. The van der Waals surface area contributed by atoms with Gasteiger partial charge < -0.3 is 5.43 Å². The van der Waals surface area contributed by atoms with E-state index in [1.54, 1.807) is 18.2 Å². The third kappa shape index (κ3) is 1.56. The fourth-order valence-electron chi connectivity index (χ4n) is 0.916. The van der Waals surface area contributed by atoms with Crippen molar-refractivity contribution < 1.29 is 4.79 Å². The van der Waals surface area contributed by atoms with Crippen molar-refractivity contribution in [3.8, 4) is 0 Å². The fourth-order valence-corrected chi connectivity index (χ4v) is 0.916. The number of hydrazine groups is 1. The van der Waals surface area contributed by atoms with Gasteiger partial charge in [-0.15, -0.1) is 0 Å². The topological polar surface area (TPSA) is 55.1 Å². The Labute approximate surface area is 65.2 Å². The number of nitrogens with one attached hydrogen (secondary N) is 1. The molecule has 0 aliphatic carbocycles. The number of para-hydroxylation sites is 1. The maximum atomic E-state index is 10.9. The molecule has 1 rings (SSSR count). The normalized spacial score (nSPS) is 9.27. The highest BCUT2D eigenvalue weighted by molar-refractivity contribution is 5.99. The van der Waals surface area contributed by atoms with Gasteiger partial charge in [0.2, 0.25) is 0 Å². The quantitative estimate of drug-likeness (QED) is 0.378. The molecule has 0 saturated heterocycles. The Bertz CT molecular complexity index is 271. The molecule has 1 aromatic rings. The fraction of sp³-hybridized carbons (Fsp3) is 0.125. The lowest BCUT2D eigenvalue weighted by Gasteiger charge is -2.03. The summed E-state index contributed by atoms with van der Waals surface area (Å²) in [5, 5.41) is 0. The van der Waals surface area contributed by atoms with Crippen molar-refractivity contribution in [1.82, 2.24) is 0 Å². The third-order valence-electron chi connectivity index (χ3n) is 1.46. The number of Topliss-reactive ketones (excluding diaryl/α,β-unsaturated/α-hetero) is 1. The van der Waals surface area contributed by atoms with Crippen LogP contribution in [-0.2, 0) is 0 Å². The monoisotopic (exact) mass is 150 g/mol. The summed E-state index contributed by atoms with van der Waals surface area (Å²) in [6, 6.07) is 7.12. The van der Waals surface area contributed by atoms with Crippen molar-refractivity contribution in [3.05, 3.63) is 29.8 Å². The lowest BCUT2D eigenvalue weighted by atomic mass is 10.1. The highest BCUT2D eigenvalue weighted by atomic mass is 16.1. The van der Waals surface area contributed by atoms with Crippen LogP contribution in [0.4, 0.5) is 5.69 Å². The first-order chi connectivity index (χ1) is 5.25. The minimum atomic E-state index is 0.0125. The maximum absolute atomic E-state index is 10.9. The zero-order valence-corrected chi connectivity index (χ0v) is 6.29. The number of hydrogen-bond acceptors (Lipinski definition) is 3. The largest absolute Gasteiger partial charge is 0.323 e. The number of anilines is 1. The number of nitrogen functional groups attached to an aromatic ring is 1. The zero-order chi connectivity index (χ0) is 8.27.